The average Bonchev–Trinajstić information content (AvgIpc) is 2.45. The Hall–Kier alpha value is -1.56. The molecule has 1 atom stereocenters. The highest BCUT2D eigenvalue weighted by Gasteiger charge is 2.18. The first-order valence-electron chi connectivity index (χ1n) is 6.47. The summed E-state index contributed by atoms with van der Waals surface area (Å²) in [6.45, 7) is 1.93. The predicted octanol–water partition coefficient (Wildman–Crippen LogP) is 4.09. The first-order valence-corrected chi connectivity index (χ1v) is 7.55. The quantitative estimate of drug-likeness (QED) is 0.793. The van der Waals surface area contributed by atoms with Gasteiger partial charge in [-0.1, -0.05) is 31.2 Å². The van der Waals surface area contributed by atoms with Crippen LogP contribution in [0.15, 0.2) is 54.6 Å². The molecule has 0 saturated heterocycles. The Kier molecular flexibility index (Phi) is 5.40. The van der Waals surface area contributed by atoms with Gasteiger partial charge in [-0.25, -0.2) is 0 Å². The number of carbonyl (C=O) groups excluding carboxylic acids is 1. The van der Waals surface area contributed by atoms with Crippen molar-refractivity contribution in [2.45, 2.75) is 19.4 Å². The molecule has 0 radical (unpaired) electrons. The number of para-hydroxylation sites is 1. The molecular weight excluding hydrogens is 365 g/mol. The Morgan fingerprint density at radius 2 is 1.95 bits per heavy atom. The molecule has 0 aliphatic carbocycles. The van der Waals surface area contributed by atoms with Crippen molar-refractivity contribution in [1.82, 2.24) is 0 Å². The fourth-order valence-corrected chi connectivity index (χ4v) is 2.32. The minimum absolute atomic E-state index is 0.127. The molecule has 0 bridgehead atoms. The van der Waals surface area contributed by atoms with Crippen LogP contribution in [0, 0.1) is 3.57 Å². The van der Waals surface area contributed by atoms with E-state index in [4.69, 9.17) is 4.74 Å². The second kappa shape index (κ2) is 7.28. The first kappa shape index (κ1) is 14.8. The third-order valence-corrected chi connectivity index (χ3v) is 3.45. The van der Waals surface area contributed by atoms with Crippen LogP contribution in [0.4, 0.5) is 5.69 Å². The third-order valence-electron chi connectivity index (χ3n) is 2.78. The number of ether oxygens (including phenoxy) is 1. The van der Waals surface area contributed by atoms with Gasteiger partial charge in [-0.15, -0.1) is 0 Å². The standard InChI is InChI=1S/C16H16INO2/c1-2-15(20-14-9-4-3-5-10-14)16(19)18-13-8-6-7-12(17)11-13/h3-11,15H,2H2,1H3,(H,18,19)/t15-/m1/s1. The number of benzene rings is 2. The number of carbonyl (C=O) groups is 1. The fourth-order valence-electron chi connectivity index (χ4n) is 1.77. The largest absolute Gasteiger partial charge is 0.481 e. The summed E-state index contributed by atoms with van der Waals surface area (Å²) in [5.74, 6) is 0.579. The maximum Gasteiger partial charge on any atom is 0.265 e. The molecule has 0 aliphatic rings. The average molecular weight is 381 g/mol. The van der Waals surface area contributed by atoms with E-state index < -0.39 is 6.10 Å². The van der Waals surface area contributed by atoms with Crippen LogP contribution in [-0.4, -0.2) is 12.0 Å². The minimum Gasteiger partial charge on any atom is -0.481 e. The van der Waals surface area contributed by atoms with Crippen LogP contribution in [0.1, 0.15) is 13.3 Å². The third kappa shape index (κ3) is 4.23. The van der Waals surface area contributed by atoms with Crippen molar-refractivity contribution in [1.29, 1.82) is 0 Å². The lowest BCUT2D eigenvalue weighted by Gasteiger charge is -2.17. The molecule has 20 heavy (non-hydrogen) atoms. The Bertz CT molecular complexity index is 572. The van der Waals surface area contributed by atoms with Gasteiger partial charge in [-0.05, 0) is 59.3 Å². The van der Waals surface area contributed by atoms with Crippen molar-refractivity contribution in [2.75, 3.05) is 5.32 Å². The van der Waals surface area contributed by atoms with Crippen LogP contribution in [-0.2, 0) is 4.79 Å². The highest BCUT2D eigenvalue weighted by molar-refractivity contribution is 14.1. The molecular formula is C16H16INO2. The molecule has 0 fully saturated rings. The maximum absolute atomic E-state index is 12.2. The van der Waals surface area contributed by atoms with E-state index in [1.54, 1.807) is 0 Å². The smallest absolute Gasteiger partial charge is 0.265 e. The number of hydrogen-bond acceptors (Lipinski definition) is 2. The van der Waals surface area contributed by atoms with Gasteiger partial charge in [0, 0.05) is 9.26 Å². The van der Waals surface area contributed by atoms with Crippen LogP contribution >= 0.6 is 22.6 Å². The molecule has 4 heteroatoms. The van der Waals surface area contributed by atoms with Crippen molar-refractivity contribution >= 4 is 34.2 Å². The van der Waals surface area contributed by atoms with Crippen LogP contribution in [0.5, 0.6) is 5.75 Å². The molecule has 2 aromatic rings. The van der Waals surface area contributed by atoms with Crippen LogP contribution in [0.2, 0.25) is 0 Å². The van der Waals surface area contributed by atoms with E-state index in [9.17, 15) is 4.79 Å². The van der Waals surface area contributed by atoms with Gasteiger partial charge in [0.1, 0.15) is 5.75 Å². The lowest BCUT2D eigenvalue weighted by molar-refractivity contribution is -0.122. The summed E-state index contributed by atoms with van der Waals surface area (Å²) < 4.78 is 6.79. The molecule has 2 rings (SSSR count). The molecule has 0 spiro atoms. The summed E-state index contributed by atoms with van der Waals surface area (Å²) in [5, 5.41) is 2.89. The zero-order chi connectivity index (χ0) is 14.4. The van der Waals surface area contributed by atoms with Crippen molar-refractivity contribution in [2.24, 2.45) is 0 Å². The van der Waals surface area contributed by atoms with Crippen molar-refractivity contribution in [3.8, 4) is 5.75 Å². The summed E-state index contributed by atoms with van der Waals surface area (Å²) in [6.07, 6.45) is 0.125. The Morgan fingerprint density at radius 1 is 1.20 bits per heavy atom. The SMILES string of the molecule is CC[C@@H](Oc1ccccc1)C(=O)Nc1cccc(I)c1. The lowest BCUT2D eigenvalue weighted by atomic mass is 10.2. The summed E-state index contributed by atoms with van der Waals surface area (Å²) in [4.78, 5) is 12.2. The number of hydrogen-bond donors (Lipinski definition) is 1. The molecule has 1 N–H and O–H groups in total. The Morgan fingerprint density at radius 3 is 2.60 bits per heavy atom. The molecule has 104 valence electrons. The molecule has 0 unspecified atom stereocenters. The van der Waals surface area contributed by atoms with E-state index in [0.717, 1.165) is 9.26 Å². The number of rotatable bonds is 5. The van der Waals surface area contributed by atoms with Crippen LogP contribution < -0.4 is 10.1 Å². The highest BCUT2D eigenvalue weighted by Crippen LogP contribution is 2.16. The van der Waals surface area contributed by atoms with E-state index in [0.29, 0.717) is 12.2 Å². The molecule has 0 aromatic heterocycles. The normalized spacial score (nSPS) is 11.7. The molecule has 0 aliphatic heterocycles. The monoisotopic (exact) mass is 381 g/mol. The summed E-state index contributed by atoms with van der Waals surface area (Å²) in [7, 11) is 0. The number of nitrogens with one attached hydrogen (secondary N) is 1. The van der Waals surface area contributed by atoms with E-state index in [-0.39, 0.29) is 5.91 Å². The Labute approximate surface area is 132 Å². The van der Waals surface area contributed by atoms with E-state index in [1.165, 1.54) is 0 Å². The number of halogens is 1. The zero-order valence-electron chi connectivity index (χ0n) is 11.2. The number of amides is 1. The van der Waals surface area contributed by atoms with Crippen molar-refractivity contribution in [3.63, 3.8) is 0 Å². The van der Waals surface area contributed by atoms with Gasteiger partial charge in [0.25, 0.3) is 5.91 Å². The van der Waals surface area contributed by atoms with Crippen LogP contribution in [0.25, 0.3) is 0 Å². The van der Waals surface area contributed by atoms with E-state index in [1.807, 2.05) is 61.5 Å². The number of anilines is 1. The maximum atomic E-state index is 12.2. The topological polar surface area (TPSA) is 38.3 Å². The van der Waals surface area contributed by atoms with E-state index in [2.05, 4.69) is 27.9 Å². The van der Waals surface area contributed by atoms with Gasteiger partial charge in [0.15, 0.2) is 6.10 Å². The van der Waals surface area contributed by atoms with E-state index >= 15 is 0 Å². The molecule has 0 heterocycles. The first-order chi connectivity index (χ1) is 9.69. The summed E-state index contributed by atoms with van der Waals surface area (Å²) in [6, 6.07) is 17.1. The highest BCUT2D eigenvalue weighted by atomic mass is 127. The Balaban J connectivity index is 2.02. The van der Waals surface area contributed by atoms with Crippen LogP contribution in [0.3, 0.4) is 0 Å². The van der Waals surface area contributed by atoms with Gasteiger partial charge in [0.05, 0.1) is 0 Å². The second-order valence-electron chi connectivity index (χ2n) is 4.33. The van der Waals surface area contributed by atoms with Gasteiger partial charge < -0.3 is 10.1 Å². The molecule has 0 saturated carbocycles. The molecule has 1 amide bonds. The van der Waals surface area contributed by atoms with Gasteiger partial charge >= 0.3 is 0 Å². The molecule has 2 aromatic carbocycles. The minimum atomic E-state index is -0.490. The lowest BCUT2D eigenvalue weighted by Crippen LogP contribution is -2.32. The summed E-state index contributed by atoms with van der Waals surface area (Å²) >= 11 is 2.21. The van der Waals surface area contributed by atoms with Gasteiger partial charge in [-0.3, -0.25) is 4.79 Å². The van der Waals surface area contributed by atoms with Crippen molar-refractivity contribution in [3.05, 3.63) is 58.2 Å². The molecule has 3 nitrogen and oxygen atoms in total. The zero-order valence-corrected chi connectivity index (χ0v) is 13.3. The summed E-state index contributed by atoms with van der Waals surface area (Å²) in [5.41, 5.74) is 0.789. The van der Waals surface area contributed by atoms with Gasteiger partial charge in [0.2, 0.25) is 0 Å². The predicted molar refractivity (Wildman–Crippen MR) is 88.9 cm³/mol. The fraction of sp³-hybridized carbons (Fsp3) is 0.188. The van der Waals surface area contributed by atoms with Gasteiger partial charge in [-0.2, -0.15) is 0 Å². The second-order valence-corrected chi connectivity index (χ2v) is 5.57. The van der Waals surface area contributed by atoms with Crippen molar-refractivity contribution < 1.29 is 9.53 Å².